The highest BCUT2D eigenvalue weighted by molar-refractivity contribution is 6.11. The highest BCUT2D eigenvalue weighted by atomic mass is 16.5. The molecule has 2 aromatic carbocycles. The van der Waals surface area contributed by atoms with Gasteiger partial charge in [0.05, 0.1) is 14.2 Å². The minimum absolute atomic E-state index is 0.0450. The fraction of sp³-hybridized carbons (Fsp3) is 0.250. The third-order valence-electron chi connectivity index (χ3n) is 3.78. The van der Waals surface area contributed by atoms with Crippen LogP contribution in [0.25, 0.3) is 6.08 Å². The van der Waals surface area contributed by atoms with E-state index in [0.29, 0.717) is 12.0 Å². The van der Waals surface area contributed by atoms with Crippen LogP contribution in [0.1, 0.15) is 34.8 Å². The van der Waals surface area contributed by atoms with Crippen molar-refractivity contribution >= 4 is 11.9 Å². The molecule has 23 heavy (non-hydrogen) atoms. The zero-order valence-corrected chi connectivity index (χ0v) is 14.1. The van der Waals surface area contributed by atoms with Gasteiger partial charge in [-0.2, -0.15) is 0 Å². The van der Waals surface area contributed by atoms with Crippen LogP contribution < -0.4 is 9.47 Å². The monoisotopic (exact) mass is 310 g/mol. The summed E-state index contributed by atoms with van der Waals surface area (Å²) in [5, 5.41) is 0. The van der Waals surface area contributed by atoms with Crippen molar-refractivity contribution in [3.8, 4) is 11.5 Å². The predicted molar refractivity (Wildman–Crippen MR) is 93.3 cm³/mol. The molecule has 120 valence electrons. The zero-order valence-electron chi connectivity index (χ0n) is 14.1. The maximum Gasteiger partial charge on any atom is 0.189 e. The number of allylic oxidation sites excluding steroid dienone is 1. The Morgan fingerprint density at radius 2 is 1.74 bits per heavy atom. The molecule has 0 aliphatic heterocycles. The third kappa shape index (κ3) is 4.01. The van der Waals surface area contributed by atoms with Crippen molar-refractivity contribution in [1.82, 2.24) is 0 Å². The molecular weight excluding hydrogens is 288 g/mol. The minimum atomic E-state index is 0.0450. The normalized spacial score (nSPS) is 11.2. The molecule has 0 radical (unpaired) electrons. The predicted octanol–water partition coefficient (Wildman–Crippen LogP) is 4.69. The molecule has 0 bridgehead atoms. The fourth-order valence-corrected chi connectivity index (χ4v) is 2.45. The van der Waals surface area contributed by atoms with Gasteiger partial charge in [0.25, 0.3) is 0 Å². The molecule has 2 aromatic rings. The molecule has 2 rings (SSSR count). The fourth-order valence-electron chi connectivity index (χ4n) is 2.45. The smallest absolute Gasteiger partial charge is 0.189 e. The molecular formula is C20H22O3. The molecule has 0 aromatic heterocycles. The summed E-state index contributed by atoms with van der Waals surface area (Å²) in [6.45, 7) is 3.98. The van der Waals surface area contributed by atoms with Crippen molar-refractivity contribution in [3.63, 3.8) is 0 Å². The summed E-state index contributed by atoms with van der Waals surface area (Å²) in [4.78, 5) is 12.7. The van der Waals surface area contributed by atoms with Crippen molar-refractivity contribution in [1.29, 1.82) is 0 Å². The topological polar surface area (TPSA) is 35.5 Å². The van der Waals surface area contributed by atoms with Gasteiger partial charge in [0, 0.05) is 11.1 Å². The SMILES string of the molecule is CCC(=Cc1ccc(OC)c(C)c1)C(=O)c1ccc(OC)cc1. The van der Waals surface area contributed by atoms with Gasteiger partial charge in [-0.3, -0.25) is 4.79 Å². The van der Waals surface area contributed by atoms with Crippen LogP contribution in [0.15, 0.2) is 48.0 Å². The van der Waals surface area contributed by atoms with Gasteiger partial charge in [0.2, 0.25) is 0 Å². The summed E-state index contributed by atoms with van der Waals surface area (Å²) < 4.78 is 10.4. The largest absolute Gasteiger partial charge is 0.497 e. The Hall–Kier alpha value is -2.55. The first-order chi connectivity index (χ1) is 11.1. The van der Waals surface area contributed by atoms with Crippen molar-refractivity contribution in [2.45, 2.75) is 20.3 Å². The maximum absolute atomic E-state index is 12.7. The second-order valence-electron chi connectivity index (χ2n) is 5.31. The lowest BCUT2D eigenvalue weighted by molar-refractivity contribution is 0.103. The van der Waals surface area contributed by atoms with Crippen LogP contribution >= 0.6 is 0 Å². The number of methoxy groups -OCH3 is 2. The summed E-state index contributed by atoms with van der Waals surface area (Å²) in [6.07, 6.45) is 2.62. The van der Waals surface area contributed by atoms with Gasteiger partial charge in [0.15, 0.2) is 5.78 Å². The molecule has 0 N–H and O–H groups in total. The molecule has 0 saturated heterocycles. The van der Waals surface area contributed by atoms with Gasteiger partial charge in [-0.25, -0.2) is 0 Å². The molecule has 0 spiro atoms. The molecule has 0 saturated carbocycles. The van der Waals surface area contributed by atoms with E-state index < -0.39 is 0 Å². The third-order valence-corrected chi connectivity index (χ3v) is 3.78. The number of benzene rings is 2. The van der Waals surface area contributed by atoms with E-state index in [-0.39, 0.29) is 5.78 Å². The summed E-state index contributed by atoms with van der Waals surface area (Å²) >= 11 is 0. The molecule has 0 amide bonds. The van der Waals surface area contributed by atoms with E-state index in [1.54, 1.807) is 38.5 Å². The van der Waals surface area contributed by atoms with Crippen LogP contribution in [-0.2, 0) is 0 Å². The Morgan fingerprint density at radius 1 is 1.04 bits per heavy atom. The Labute approximate surface area is 137 Å². The summed E-state index contributed by atoms with van der Waals surface area (Å²) in [6, 6.07) is 13.1. The number of carbonyl (C=O) groups excluding carboxylic acids is 1. The first-order valence-corrected chi connectivity index (χ1v) is 7.63. The van der Waals surface area contributed by atoms with Gasteiger partial charge in [0.1, 0.15) is 11.5 Å². The molecule has 0 atom stereocenters. The average molecular weight is 310 g/mol. The standard InChI is InChI=1S/C20H22O3/c1-5-16(13-15-6-11-19(23-4)14(2)12-15)20(21)17-7-9-18(22-3)10-8-17/h6-13H,5H2,1-4H3. The van der Waals surface area contributed by atoms with Crippen LogP contribution in [-0.4, -0.2) is 20.0 Å². The molecule has 0 heterocycles. The molecule has 0 aliphatic carbocycles. The number of hydrogen-bond acceptors (Lipinski definition) is 3. The van der Waals surface area contributed by atoms with Crippen molar-refractivity contribution in [2.24, 2.45) is 0 Å². The van der Waals surface area contributed by atoms with Crippen molar-refractivity contribution in [2.75, 3.05) is 14.2 Å². The number of rotatable bonds is 6. The molecule has 3 heteroatoms. The lowest BCUT2D eigenvalue weighted by Gasteiger charge is -2.08. The van der Waals surface area contributed by atoms with E-state index >= 15 is 0 Å². The summed E-state index contributed by atoms with van der Waals surface area (Å²) in [5.74, 6) is 1.64. The number of carbonyl (C=O) groups is 1. The van der Waals surface area contributed by atoms with Gasteiger partial charge in [-0.1, -0.05) is 13.0 Å². The molecule has 0 unspecified atom stereocenters. The van der Waals surface area contributed by atoms with Gasteiger partial charge < -0.3 is 9.47 Å². The number of Topliss-reactive ketones (excluding diaryl/α,β-unsaturated/α-hetero) is 1. The van der Waals surface area contributed by atoms with Crippen LogP contribution in [0.5, 0.6) is 11.5 Å². The minimum Gasteiger partial charge on any atom is -0.497 e. The quantitative estimate of drug-likeness (QED) is 0.573. The Balaban J connectivity index is 2.30. The van der Waals surface area contributed by atoms with Gasteiger partial charge in [-0.15, -0.1) is 0 Å². The van der Waals surface area contributed by atoms with Crippen LogP contribution in [0, 0.1) is 6.92 Å². The first-order valence-electron chi connectivity index (χ1n) is 7.63. The number of ketones is 1. The Kier molecular flexibility index (Phi) is 5.58. The number of hydrogen-bond donors (Lipinski definition) is 0. The zero-order chi connectivity index (χ0) is 16.8. The van der Waals surface area contributed by atoms with E-state index in [9.17, 15) is 4.79 Å². The maximum atomic E-state index is 12.7. The summed E-state index contributed by atoms with van der Waals surface area (Å²) in [7, 11) is 3.27. The second-order valence-corrected chi connectivity index (χ2v) is 5.31. The molecule has 0 fully saturated rings. The number of aryl methyl sites for hydroxylation is 1. The highest BCUT2D eigenvalue weighted by Crippen LogP contribution is 2.22. The Morgan fingerprint density at radius 3 is 2.26 bits per heavy atom. The van der Waals surface area contributed by atoms with Crippen LogP contribution in [0.2, 0.25) is 0 Å². The van der Waals surface area contributed by atoms with E-state index in [1.807, 2.05) is 38.1 Å². The van der Waals surface area contributed by atoms with E-state index in [2.05, 4.69) is 0 Å². The van der Waals surface area contributed by atoms with Crippen LogP contribution in [0.3, 0.4) is 0 Å². The average Bonchev–Trinajstić information content (AvgIpc) is 2.59. The first kappa shape index (κ1) is 16.8. The van der Waals surface area contributed by atoms with Crippen molar-refractivity contribution < 1.29 is 14.3 Å². The van der Waals surface area contributed by atoms with Gasteiger partial charge >= 0.3 is 0 Å². The second kappa shape index (κ2) is 7.63. The lowest BCUT2D eigenvalue weighted by atomic mass is 9.98. The molecule has 3 nitrogen and oxygen atoms in total. The lowest BCUT2D eigenvalue weighted by Crippen LogP contribution is -2.03. The van der Waals surface area contributed by atoms with Crippen molar-refractivity contribution in [3.05, 3.63) is 64.7 Å². The summed E-state index contributed by atoms with van der Waals surface area (Å²) in [5.41, 5.74) is 3.50. The van der Waals surface area contributed by atoms with Crippen LogP contribution in [0.4, 0.5) is 0 Å². The van der Waals surface area contributed by atoms with Gasteiger partial charge in [-0.05, 0) is 66.9 Å². The van der Waals surface area contributed by atoms with E-state index in [1.165, 1.54) is 0 Å². The Bertz CT molecular complexity index is 712. The van der Waals surface area contributed by atoms with E-state index in [4.69, 9.17) is 9.47 Å². The van der Waals surface area contributed by atoms with E-state index in [0.717, 1.165) is 28.2 Å². The number of ether oxygens (including phenoxy) is 2. The highest BCUT2D eigenvalue weighted by Gasteiger charge is 2.11. The molecule has 0 aliphatic rings.